The third-order valence-corrected chi connectivity index (χ3v) is 5.40. The molecule has 174 valence electrons. The predicted octanol–water partition coefficient (Wildman–Crippen LogP) is 3.75. The van der Waals surface area contributed by atoms with Crippen LogP contribution in [0.15, 0.2) is 48.5 Å². The van der Waals surface area contributed by atoms with Crippen molar-refractivity contribution < 1.29 is 14.6 Å². The van der Waals surface area contributed by atoms with Gasteiger partial charge in [0.1, 0.15) is 24.2 Å². The van der Waals surface area contributed by atoms with Gasteiger partial charge in [-0.25, -0.2) is 0 Å². The Kier molecular flexibility index (Phi) is 13.6. The van der Waals surface area contributed by atoms with E-state index >= 15 is 0 Å². The van der Waals surface area contributed by atoms with Crippen LogP contribution in [0, 0.1) is 0 Å². The number of ether oxygens (including phenoxy) is 2. The smallest absolute Gasteiger partial charge is 0.122 e. The highest BCUT2D eigenvalue weighted by molar-refractivity contribution is 5.85. The van der Waals surface area contributed by atoms with Crippen molar-refractivity contribution in [2.24, 2.45) is 0 Å². The highest BCUT2D eigenvalue weighted by atomic mass is 35.5. The minimum atomic E-state index is -0.462. The summed E-state index contributed by atoms with van der Waals surface area (Å²) in [5, 5.41) is 13.7. The first-order valence-electron chi connectivity index (χ1n) is 10.7. The Morgan fingerprint density at radius 2 is 1.65 bits per heavy atom. The number of hydrogen-bond donors (Lipinski definition) is 2. The molecule has 1 fully saturated rings. The summed E-state index contributed by atoms with van der Waals surface area (Å²) in [4.78, 5) is 2.29. The first-order chi connectivity index (χ1) is 14.2. The van der Waals surface area contributed by atoms with Crippen LogP contribution in [0.1, 0.15) is 24.0 Å². The Morgan fingerprint density at radius 3 is 2.35 bits per heavy atom. The third kappa shape index (κ3) is 9.67. The Bertz CT molecular complexity index is 725. The maximum Gasteiger partial charge on any atom is 0.122 e. The summed E-state index contributed by atoms with van der Waals surface area (Å²) >= 11 is 0. The molecule has 1 aliphatic rings. The Morgan fingerprint density at radius 1 is 0.968 bits per heavy atom. The average molecular weight is 471 g/mol. The van der Waals surface area contributed by atoms with Gasteiger partial charge in [0.05, 0.1) is 7.11 Å². The molecule has 5 nitrogen and oxygen atoms in total. The summed E-state index contributed by atoms with van der Waals surface area (Å²) in [6.07, 6.45) is 3.83. The number of piperazine rings is 1. The van der Waals surface area contributed by atoms with E-state index in [4.69, 9.17) is 9.47 Å². The third-order valence-electron chi connectivity index (χ3n) is 5.40. The van der Waals surface area contributed by atoms with E-state index in [0.29, 0.717) is 13.2 Å². The fraction of sp³-hybridized carbons (Fsp3) is 0.500. The minimum absolute atomic E-state index is 0. The van der Waals surface area contributed by atoms with Gasteiger partial charge < -0.3 is 19.9 Å². The Labute approximate surface area is 198 Å². The minimum Gasteiger partial charge on any atom is -0.497 e. The van der Waals surface area contributed by atoms with Crippen LogP contribution in [0.3, 0.4) is 0 Å². The van der Waals surface area contributed by atoms with Gasteiger partial charge in [-0.05, 0) is 55.0 Å². The van der Waals surface area contributed by atoms with Crippen LogP contribution < -0.4 is 14.8 Å². The first-order valence-corrected chi connectivity index (χ1v) is 10.7. The topological polar surface area (TPSA) is 54.0 Å². The lowest BCUT2D eigenvalue weighted by Crippen LogP contribution is -2.47. The zero-order chi connectivity index (χ0) is 20.3. The fourth-order valence-corrected chi connectivity index (χ4v) is 3.72. The Hall–Kier alpha value is -1.50. The lowest BCUT2D eigenvalue weighted by molar-refractivity contribution is 0.0638. The quantitative estimate of drug-likeness (QED) is 0.489. The SMILES string of the molecule is COc1ccc(CCCCc2ccccc2OCC(O)CN2CCNCC2)cc1.Cl.Cl. The molecule has 7 heteroatoms. The van der Waals surface area contributed by atoms with Gasteiger partial charge in [-0.2, -0.15) is 0 Å². The molecular weight excluding hydrogens is 435 g/mol. The number of halogens is 2. The second-order valence-corrected chi connectivity index (χ2v) is 7.68. The van der Waals surface area contributed by atoms with Crippen molar-refractivity contribution in [1.29, 1.82) is 0 Å². The number of β-amino-alcohol motifs (C(OH)–C–C–N with tert-alkyl or cyclic N) is 1. The molecule has 0 bridgehead atoms. The van der Waals surface area contributed by atoms with E-state index in [-0.39, 0.29) is 24.8 Å². The molecule has 1 unspecified atom stereocenters. The van der Waals surface area contributed by atoms with Gasteiger partial charge in [-0.1, -0.05) is 30.3 Å². The van der Waals surface area contributed by atoms with E-state index in [9.17, 15) is 5.11 Å². The monoisotopic (exact) mass is 470 g/mol. The highest BCUT2D eigenvalue weighted by Crippen LogP contribution is 2.21. The van der Waals surface area contributed by atoms with Gasteiger partial charge in [0, 0.05) is 32.7 Å². The van der Waals surface area contributed by atoms with Crippen molar-refractivity contribution in [2.45, 2.75) is 31.8 Å². The number of para-hydroxylation sites is 1. The standard InChI is InChI=1S/C24H34N2O3.2ClH/c1-28-23-12-10-20(11-13-23)6-2-3-7-21-8-4-5-9-24(21)29-19-22(27)18-26-16-14-25-15-17-26;;/h4-5,8-13,22,25,27H,2-3,6-7,14-19H2,1H3;2*1H. The Balaban J connectivity index is 0.00000240. The van der Waals surface area contributed by atoms with Crippen LogP contribution in [0.2, 0.25) is 0 Å². The van der Waals surface area contributed by atoms with Crippen molar-refractivity contribution >= 4 is 24.8 Å². The van der Waals surface area contributed by atoms with Crippen molar-refractivity contribution in [1.82, 2.24) is 10.2 Å². The van der Waals surface area contributed by atoms with Gasteiger partial charge >= 0.3 is 0 Å². The van der Waals surface area contributed by atoms with Crippen molar-refractivity contribution in [3.8, 4) is 11.5 Å². The molecule has 0 spiro atoms. The largest absolute Gasteiger partial charge is 0.497 e. The summed E-state index contributed by atoms with van der Waals surface area (Å²) < 4.78 is 11.2. The number of nitrogens with zero attached hydrogens (tertiary/aromatic N) is 1. The molecule has 31 heavy (non-hydrogen) atoms. The second kappa shape index (κ2) is 15.3. The van der Waals surface area contributed by atoms with Crippen molar-refractivity contribution in [3.05, 3.63) is 59.7 Å². The van der Waals surface area contributed by atoms with E-state index in [2.05, 4.69) is 34.5 Å². The lowest BCUT2D eigenvalue weighted by Gasteiger charge is -2.29. The molecule has 0 aliphatic carbocycles. The normalized spacial score (nSPS) is 14.8. The number of rotatable bonds is 11. The summed E-state index contributed by atoms with van der Waals surface area (Å²) in [5.74, 6) is 1.80. The van der Waals surface area contributed by atoms with Gasteiger partial charge in [-0.3, -0.25) is 4.90 Å². The molecular formula is C24H36Cl2N2O3. The van der Waals surface area contributed by atoms with E-state index in [1.807, 2.05) is 24.3 Å². The van der Waals surface area contributed by atoms with Crippen LogP contribution in [0.25, 0.3) is 0 Å². The average Bonchev–Trinajstić information content (AvgIpc) is 2.77. The first kappa shape index (κ1) is 27.5. The van der Waals surface area contributed by atoms with E-state index in [0.717, 1.165) is 63.4 Å². The number of hydrogen-bond acceptors (Lipinski definition) is 5. The zero-order valence-electron chi connectivity index (χ0n) is 18.3. The van der Waals surface area contributed by atoms with E-state index in [1.54, 1.807) is 7.11 Å². The maximum atomic E-state index is 10.3. The number of nitrogens with one attached hydrogen (secondary N) is 1. The number of aliphatic hydroxyl groups is 1. The lowest BCUT2D eigenvalue weighted by atomic mass is 10.0. The zero-order valence-corrected chi connectivity index (χ0v) is 19.9. The molecule has 0 amide bonds. The molecule has 0 radical (unpaired) electrons. The predicted molar refractivity (Wildman–Crippen MR) is 131 cm³/mol. The molecule has 1 aliphatic heterocycles. The van der Waals surface area contributed by atoms with Crippen LogP contribution in [-0.2, 0) is 12.8 Å². The molecule has 0 saturated carbocycles. The van der Waals surface area contributed by atoms with E-state index in [1.165, 1.54) is 11.1 Å². The van der Waals surface area contributed by atoms with Gasteiger partial charge in [0.2, 0.25) is 0 Å². The molecule has 0 aromatic heterocycles. The second-order valence-electron chi connectivity index (χ2n) is 7.68. The maximum absolute atomic E-state index is 10.3. The molecule has 1 heterocycles. The van der Waals surface area contributed by atoms with Crippen LogP contribution in [0.5, 0.6) is 11.5 Å². The van der Waals surface area contributed by atoms with Crippen LogP contribution >= 0.6 is 24.8 Å². The summed E-state index contributed by atoms with van der Waals surface area (Å²) in [5.41, 5.74) is 2.56. The van der Waals surface area contributed by atoms with Crippen LogP contribution in [0.4, 0.5) is 0 Å². The van der Waals surface area contributed by atoms with E-state index < -0.39 is 6.10 Å². The summed E-state index contributed by atoms with van der Waals surface area (Å²) in [6.45, 7) is 4.97. The molecule has 2 aromatic carbocycles. The van der Waals surface area contributed by atoms with Gasteiger partial charge in [0.25, 0.3) is 0 Å². The van der Waals surface area contributed by atoms with Crippen LogP contribution in [-0.4, -0.2) is 62.6 Å². The fourth-order valence-electron chi connectivity index (χ4n) is 3.72. The number of unbranched alkanes of at least 4 members (excludes halogenated alkanes) is 1. The molecule has 1 atom stereocenters. The molecule has 2 N–H and O–H groups in total. The highest BCUT2D eigenvalue weighted by Gasteiger charge is 2.15. The van der Waals surface area contributed by atoms with Crippen molar-refractivity contribution in [3.63, 3.8) is 0 Å². The summed E-state index contributed by atoms with van der Waals surface area (Å²) in [7, 11) is 1.69. The molecule has 2 aromatic rings. The molecule has 1 saturated heterocycles. The number of benzene rings is 2. The summed E-state index contributed by atoms with van der Waals surface area (Å²) in [6, 6.07) is 16.5. The number of methoxy groups -OCH3 is 1. The number of aryl methyl sites for hydroxylation is 2. The number of aliphatic hydroxyl groups excluding tert-OH is 1. The van der Waals surface area contributed by atoms with Crippen molar-refractivity contribution in [2.75, 3.05) is 46.4 Å². The van der Waals surface area contributed by atoms with Gasteiger partial charge in [0.15, 0.2) is 0 Å². The van der Waals surface area contributed by atoms with Gasteiger partial charge in [-0.15, -0.1) is 24.8 Å². The molecule has 3 rings (SSSR count).